The minimum atomic E-state index is -0.846. The summed E-state index contributed by atoms with van der Waals surface area (Å²) >= 11 is 0. The molecule has 0 bridgehead atoms. The van der Waals surface area contributed by atoms with E-state index >= 15 is 0 Å². The van der Waals surface area contributed by atoms with Crippen LogP contribution in [0.5, 0.6) is 0 Å². The lowest BCUT2D eigenvalue weighted by atomic mass is 9.97. The summed E-state index contributed by atoms with van der Waals surface area (Å²) < 4.78 is 5.34. The number of ether oxygens (including phenoxy) is 1. The normalized spacial score (nSPS) is 17.9. The number of carboxylic acids is 1. The van der Waals surface area contributed by atoms with E-state index in [2.05, 4.69) is 0 Å². The van der Waals surface area contributed by atoms with Gasteiger partial charge in [0, 0.05) is 19.8 Å². The molecule has 0 spiro atoms. The molecule has 0 amide bonds. The fourth-order valence-electron chi connectivity index (χ4n) is 2.83. The van der Waals surface area contributed by atoms with Gasteiger partial charge in [-0.3, -0.25) is 9.69 Å². The van der Waals surface area contributed by atoms with Crippen molar-refractivity contribution in [1.82, 2.24) is 4.90 Å². The molecular weight excluding hydrogens is 270 g/mol. The fourth-order valence-corrected chi connectivity index (χ4v) is 2.83. The Balaban J connectivity index is 2.07. The Labute approximate surface area is 125 Å². The largest absolute Gasteiger partial charge is 0.480 e. The van der Waals surface area contributed by atoms with E-state index in [1.807, 2.05) is 11.9 Å². The van der Waals surface area contributed by atoms with E-state index in [-0.39, 0.29) is 6.61 Å². The lowest BCUT2D eigenvalue weighted by Crippen LogP contribution is -2.36. The van der Waals surface area contributed by atoms with Gasteiger partial charge in [-0.2, -0.15) is 0 Å². The molecule has 5 heteroatoms. The van der Waals surface area contributed by atoms with Crippen molar-refractivity contribution >= 4 is 5.97 Å². The van der Waals surface area contributed by atoms with Gasteiger partial charge in [-0.15, -0.1) is 0 Å². The first-order valence-electron chi connectivity index (χ1n) is 7.32. The van der Waals surface area contributed by atoms with Gasteiger partial charge < -0.3 is 14.9 Å². The molecule has 0 aromatic heterocycles. The third kappa shape index (κ3) is 4.27. The van der Waals surface area contributed by atoms with Gasteiger partial charge >= 0.3 is 5.97 Å². The van der Waals surface area contributed by atoms with Crippen LogP contribution in [0.1, 0.15) is 30.0 Å². The van der Waals surface area contributed by atoms with Gasteiger partial charge in [-0.25, -0.2) is 0 Å². The maximum Gasteiger partial charge on any atom is 0.325 e. The van der Waals surface area contributed by atoms with Crippen LogP contribution in [0.4, 0.5) is 0 Å². The number of nitrogens with zero attached hydrogens (tertiary/aromatic N) is 1. The molecule has 0 saturated carbocycles. The van der Waals surface area contributed by atoms with Crippen LogP contribution in [0.3, 0.4) is 0 Å². The molecule has 1 aliphatic heterocycles. The topological polar surface area (TPSA) is 70.0 Å². The molecule has 1 fully saturated rings. The lowest BCUT2D eigenvalue weighted by Gasteiger charge is -2.31. The highest BCUT2D eigenvalue weighted by molar-refractivity contribution is 5.75. The van der Waals surface area contributed by atoms with Crippen LogP contribution >= 0.6 is 0 Å². The summed E-state index contributed by atoms with van der Waals surface area (Å²) in [5, 5.41) is 18.6. The first-order valence-corrected chi connectivity index (χ1v) is 7.32. The number of aliphatic hydroxyl groups excluding tert-OH is 1. The van der Waals surface area contributed by atoms with Gasteiger partial charge in [0.1, 0.15) is 6.04 Å². The van der Waals surface area contributed by atoms with Crippen molar-refractivity contribution in [3.8, 4) is 0 Å². The SMILES string of the molecule is CN(CC1CCOCC1)[C@@H](C(=O)O)c1ccc(CO)cc1. The summed E-state index contributed by atoms with van der Waals surface area (Å²) in [4.78, 5) is 13.5. The van der Waals surface area contributed by atoms with Crippen LogP contribution in [0.2, 0.25) is 0 Å². The van der Waals surface area contributed by atoms with E-state index in [4.69, 9.17) is 9.84 Å². The van der Waals surface area contributed by atoms with Crippen LogP contribution < -0.4 is 0 Å². The third-order valence-corrected chi connectivity index (χ3v) is 4.04. The van der Waals surface area contributed by atoms with E-state index in [0.717, 1.165) is 43.7 Å². The Kier molecular flexibility index (Phi) is 5.73. The number of likely N-dealkylation sites (N-methyl/N-ethyl adjacent to an activating group) is 1. The molecule has 1 aromatic rings. The molecule has 1 aromatic carbocycles. The van der Waals surface area contributed by atoms with Crippen LogP contribution in [0.15, 0.2) is 24.3 Å². The lowest BCUT2D eigenvalue weighted by molar-refractivity contribution is -0.143. The van der Waals surface area contributed by atoms with Crippen molar-refractivity contribution in [1.29, 1.82) is 0 Å². The van der Waals surface area contributed by atoms with Crippen molar-refractivity contribution in [3.05, 3.63) is 35.4 Å². The van der Waals surface area contributed by atoms with Crippen LogP contribution in [-0.4, -0.2) is 47.9 Å². The maximum atomic E-state index is 11.6. The number of aliphatic carboxylic acids is 1. The minimum Gasteiger partial charge on any atom is -0.480 e. The second-order valence-corrected chi connectivity index (χ2v) is 5.64. The maximum absolute atomic E-state index is 11.6. The molecule has 1 heterocycles. The molecule has 0 unspecified atom stereocenters. The average Bonchev–Trinajstić information content (AvgIpc) is 2.49. The minimum absolute atomic E-state index is 0.0318. The first kappa shape index (κ1) is 15.9. The molecule has 2 N–H and O–H groups in total. The molecule has 21 heavy (non-hydrogen) atoms. The predicted octanol–water partition coefficient (Wildman–Crippen LogP) is 1.66. The zero-order valence-electron chi connectivity index (χ0n) is 12.4. The van der Waals surface area contributed by atoms with E-state index in [1.165, 1.54) is 0 Å². The summed E-state index contributed by atoms with van der Waals surface area (Å²) in [5.41, 5.74) is 1.53. The van der Waals surface area contributed by atoms with Gasteiger partial charge in [0.15, 0.2) is 0 Å². The summed E-state index contributed by atoms with van der Waals surface area (Å²) in [6, 6.07) is 6.46. The van der Waals surface area contributed by atoms with Crippen molar-refractivity contribution in [3.63, 3.8) is 0 Å². The number of rotatable bonds is 6. The molecule has 5 nitrogen and oxygen atoms in total. The Morgan fingerprint density at radius 1 is 1.33 bits per heavy atom. The van der Waals surface area contributed by atoms with E-state index in [1.54, 1.807) is 24.3 Å². The number of carbonyl (C=O) groups is 1. The molecule has 0 radical (unpaired) electrons. The van der Waals surface area contributed by atoms with Gasteiger partial charge in [0.05, 0.1) is 6.61 Å². The summed E-state index contributed by atoms with van der Waals surface area (Å²) in [5.74, 6) is -0.358. The fraction of sp³-hybridized carbons (Fsp3) is 0.562. The zero-order chi connectivity index (χ0) is 15.2. The second kappa shape index (κ2) is 7.54. The van der Waals surface area contributed by atoms with Crippen LogP contribution in [0.25, 0.3) is 0 Å². The highest BCUT2D eigenvalue weighted by Crippen LogP contribution is 2.24. The average molecular weight is 293 g/mol. The van der Waals surface area contributed by atoms with E-state index in [0.29, 0.717) is 5.92 Å². The standard InChI is InChI=1S/C16H23NO4/c1-17(10-12-6-8-21-9-7-12)15(16(19)20)14-4-2-13(11-18)3-5-14/h2-5,12,15,18H,6-11H2,1H3,(H,19,20)/t15-/m1/s1. The molecule has 1 saturated heterocycles. The number of hydrogen-bond donors (Lipinski definition) is 2. The third-order valence-electron chi connectivity index (χ3n) is 4.04. The van der Waals surface area contributed by atoms with E-state index in [9.17, 15) is 9.90 Å². The number of hydrogen-bond acceptors (Lipinski definition) is 4. The highest BCUT2D eigenvalue weighted by atomic mass is 16.5. The molecule has 116 valence electrons. The van der Waals surface area contributed by atoms with Crippen molar-refractivity contribution in [2.45, 2.75) is 25.5 Å². The monoisotopic (exact) mass is 293 g/mol. The summed E-state index contributed by atoms with van der Waals surface area (Å²) in [7, 11) is 1.86. The van der Waals surface area contributed by atoms with Gasteiger partial charge in [0.2, 0.25) is 0 Å². The Hall–Kier alpha value is -1.43. The molecule has 2 rings (SSSR count). The number of aliphatic hydroxyl groups is 1. The number of carboxylic acid groups (broad SMARTS) is 1. The van der Waals surface area contributed by atoms with Crippen molar-refractivity contribution in [2.75, 3.05) is 26.8 Å². The Morgan fingerprint density at radius 2 is 1.95 bits per heavy atom. The smallest absolute Gasteiger partial charge is 0.325 e. The molecule has 1 atom stereocenters. The summed E-state index contributed by atoms with van der Waals surface area (Å²) in [6.07, 6.45) is 1.97. The van der Waals surface area contributed by atoms with E-state index < -0.39 is 12.0 Å². The molecular formula is C16H23NO4. The number of benzene rings is 1. The van der Waals surface area contributed by atoms with Gasteiger partial charge in [0.25, 0.3) is 0 Å². The predicted molar refractivity (Wildman–Crippen MR) is 78.9 cm³/mol. The highest BCUT2D eigenvalue weighted by Gasteiger charge is 2.27. The molecule has 1 aliphatic rings. The van der Waals surface area contributed by atoms with Crippen LogP contribution in [-0.2, 0) is 16.1 Å². The first-order chi connectivity index (χ1) is 10.1. The van der Waals surface area contributed by atoms with Crippen molar-refractivity contribution < 1.29 is 19.7 Å². The Bertz CT molecular complexity index is 454. The second-order valence-electron chi connectivity index (χ2n) is 5.64. The zero-order valence-corrected chi connectivity index (χ0v) is 12.4. The Morgan fingerprint density at radius 3 is 2.48 bits per heavy atom. The van der Waals surface area contributed by atoms with Gasteiger partial charge in [-0.1, -0.05) is 24.3 Å². The summed E-state index contributed by atoms with van der Waals surface area (Å²) in [6.45, 7) is 2.25. The van der Waals surface area contributed by atoms with Crippen molar-refractivity contribution in [2.24, 2.45) is 5.92 Å². The van der Waals surface area contributed by atoms with Gasteiger partial charge in [-0.05, 0) is 36.9 Å². The van der Waals surface area contributed by atoms with Crippen LogP contribution in [0, 0.1) is 5.92 Å². The quantitative estimate of drug-likeness (QED) is 0.835. The molecule has 0 aliphatic carbocycles.